The minimum atomic E-state index is -3.73. The first-order valence-corrected chi connectivity index (χ1v) is 12.7. The van der Waals surface area contributed by atoms with Gasteiger partial charge < -0.3 is 19.1 Å². The maximum atomic E-state index is 13.0. The molecule has 9 nitrogen and oxygen atoms in total. The number of amides is 1. The third-order valence-electron chi connectivity index (χ3n) is 5.66. The van der Waals surface area contributed by atoms with Gasteiger partial charge in [-0.1, -0.05) is 42.5 Å². The number of ether oxygens (including phenoxy) is 3. The van der Waals surface area contributed by atoms with Crippen LogP contribution in [0, 0.1) is 6.92 Å². The molecule has 3 aromatic rings. The maximum Gasteiger partial charge on any atom is 0.348 e. The van der Waals surface area contributed by atoms with E-state index >= 15 is 0 Å². The number of sulfonamides is 1. The fourth-order valence-corrected chi connectivity index (χ4v) is 4.85. The van der Waals surface area contributed by atoms with Crippen molar-refractivity contribution in [1.82, 2.24) is 4.72 Å². The van der Waals surface area contributed by atoms with Gasteiger partial charge in [-0.15, -0.1) is 0 Å². The maximum absolute atomic E-state index is 13.0. The zero-order valence-electron chi connectivity index (χ0n) is 19.8. The van der Waals surface area contributed by atoms with E-state index in [4.69, 9.17) is 14.2 Å². The van der Waals surface area contributed by atoms with Crippen LogP contribution in [-0.4, -0.2) is 46.7 Å². The molecule has 1 heterocycles. The van der Waals surface area contributed by atoms with E-state index in [-0.39, 0.29) is 30.5 Å². The summed E-state index contributed by atoms with van der Waals surface area (Å²) in [5, 5.41) is 0. The number of carbonyl (C=O) groups is 2. The Morgan fingerprint density at radius 1 is 1.06 bits per heavy atom. The Balaban J connectivity index is 1.43. The van der Waals surface area contributed by atoms with E-state index in [2.05, 4.69) is 4.72 Å². The van der Waals surface area contributed by atoms with Crippen LogP contribution in [0.3, 0.4) is 0 Å². The van der Waals surface area contributed by atoms with Gasteiger partial charge in [-0.25, -0.2) is 17.9 Å². The fraction of sp³-hybridized carbons (Fsp3) is 0.231. The van der Waals surface area contributed by atoms with E-state index in [1.165, 1.54) is 30.2 Å². The molecule has 1 aliphatic rings. The molecule has 0 radical (unpaired) electrons. The predicted molar refractivity (Wildman–Crippen MR) is 132 cm³/mol. The summed E-state index contributed by atoms with van der Waals surface area (Å²) in [4.78, 5) is 26.6. The second-order valence-corrected chi connectivity index (χ2v) is 9.89. The van der Waals surface area contributed by atoms with Crippen molar-refractivity contribution in [1.29, 1.82) is 0 Å². The number of carbonyl (C=O) groups excluding carboxylic acids is 2. The SMILES string of the molecule is COC(=O)[C@H]1CN(C(=O)COc2ccc(S(=O)(=O)NCc3ccccc3)cc2C)c2ccccc2O1. The molecule has 0 aliphatic carbocycles. The highest BCUT2D eigenvalue weighted by atomic mass is 32.2. The molecule has 36 heavy (non-hydrogen) atoms. The van der Waals surface area contributed by atoms with Gasteiger partial charge in [-0.2, -0.15) is 0 Å². The number of rotatable bonds is 8. The van der Waals surface area contributed by atoms with Crippen LogP contribution < -0.4 is 19.1 Å². The van der Waals surface area contributed by atoms with Gasteiger partial charge in [-0.05, 0) is 48.4 Å². The summed E-state index contributed by atoms with van der Waals surface area (Å²) in [5.41, 5.74) is 1.92. The third kappa shape index (κ3) is 5.67. The standard InChI is InChI=1S/C26H26N2O7S/c1-18-14-20(36(31,32)27-15-19-8-4-3-5-9-19)12-13-22(18)34-17-25(29)28-16-24(26(30)33-2)35-23-11-7-6-10-21(23)28/h3-14,24,27H,15-17H2,1-2H3/t24-/m1/s1. The van der Waals surface area contributed by atoms with Crippen molar-refractivity contribution in [3.05, 3.63) is 83.9 Å². The summed E-state index contributed by atoms with van der Waals surface area (Å²) in [5.74, 6) is -0.213. The molecule has 0 saturated carbocycles. The first kappa shape index (κ1) is 25.2. The smallest absolute Gasteiger partial charge is 0.348 e. The molecule has 1 aliphatic heterocycles. The average molecular weight is 511 g/mol. The van der Waals surface area contributed by atoms with Gasteiger partial charge in [0.05, 0.1) is 24.2 Å². The molecule has 10 heteroatoms. The summed E-state index contributed by atoms with van der Waals surface area (Å²) >= 11 is 0. The van der Waals surface area contributed by atoms with Crippen LogP contribution in [0.2, 0.25) is 0 Å². The molecule has 1 atom stereocenters. The van der Waals surface area contributed by atoms with Crippen LogP contribution in [0.25, 0.3) is 0 Å². The molecule has 1 amide bonds. The lowest BCUT2D eigenvalue weighted by Crippen LogP contribution is -2.48. The topological polar surface area (TPSA) is 111 Å². The molecule has 0 saturated heterocycles. The molecule has 0 unspecified atom stereocenters. The number of esters is 1. The first-order valence-electron chi connectivity index (χ1n) is 11.2. The number of fused-ring (bicyclic) bond motifs is 1. The zero-order chi connectivity index (χ0) is 25.7. The molecule has 3 aromatic carbocycles. The third-order valence-corrected chi connectivity index (χ3v) is 7.05. The highest BCUT2D eigenvalue weighted by Gasteiger charge is 2.34. The van der Waals surface area contributed by atoms with Gasteiger partial charge in [0.2, 0.25) is 16.1 Å². The number of nitrogens with one attached hydrogen (secondary N) is 1. The van der Waals surface area contributed by atoms with Crippen LogP contribution >= 0.6 is 0 Å². The number of aryl methyl sites for hydroxylation is 1. The Bertz CT molecular complexity index is 1360. The Labute approximate surface area is 209 Å². The number of methoxy groups -OCH3 is 1. The number of anilines is 1. The van der Waals surface area contributed by atoms with Gasteiger partial charge in [-0.3, -0.25) is 4.79 Å². The van der Waals surface area contributed by atoms with Crippen molar-refractivity contribution in [2.24, 2.45) is 0 Å². The average Bonchev–Trinajstić information content (AvgIpc) is 2.90. The summed E-state index contributed by atoms with van der Waals surface area (Å²) in [6.07, 6.45) is -0.955. The van der Waals surface area contributed by atoms with Gasteiger partial charge in [0.1, 0.15) is 11.5 Å². The van der Waals surface area contributed by atoms with E-state index in [9.17, 15) is 18.0 Å². The van der Waals surface area contributed by atoms with E-state index in [1.807, 2.05) is 30.3 Å². The molecule has 4 rings (SSSR count). The molecular weight excluding hydrogens is 484 g/mol. The van der Waals surface area contributed by atoms with Crippen molar-refractivity contribution >= 4 is 27.6 Å². The Hall–Kier alpha value is -3.89. The molecule has 0 fully saturated rings. The number of benzene rings is 3. The van der Waals surface area contributed by atoms with Crippen molar-refractivity contribution < 1.29 is 32.2 Å². The summed E-state index contributed by atoms with van der Waals surface area (Å²) in [7, 11) is -2.48. The van der Waals surface area contributed by atoms with Crippen LogP contribution in [0.4, 0.5) is 5.69 Å². The van der Waals surface area contributed by atoms with E-state index in [0.29, 0.717) is 22.7 Å². The van der Waals surface area contributed by atoms with Gasteiger partial charge in [0.15, 0.2) is 6.61 Å². The zero-order valence-corrected chi connectivity index (χ0v) is 20.7. The number of nitrogens with zero attached hydrogens (tertiary/aromatic N) is 1. The highest BCUT2D eigenvalue weighted by molar-refractivity contribution is 7.89. The van der Waals surface area contributed by atoms with Crippen LogP contribution in [-0.2, 0) is 30.9 Å². The van der Waals surface area contributed by atoms with E-state index in [1.54, 1.807) is 31.2 Å². The lowest BCUT2D eigenvalue weighted by atomic mass is 10.2. The Kier molecular flexibility index (Phi) is 7.56. The lowest BCUT2D eigenvalue weighted by molar-refractivity contribution is -0.148. The van der Waals surface area contributed by atoms with Gasteiger partial charge in [0, 0.05) is 6.54 Å². The van der Waals surface area contributed by atoms with E-state index in [0.717, 1.165) is 5.56 Å². The molecule has 0 bridgehead atoms. The second-order valence-electron chi connectivity index (χ2n) is 8.13. The highest BCUT2D eigenvalue weighted by Crippen LogP contribution is 2.33. The predicted octanol–water partition coefficient (Wildman–Crippen LogP) is 2.82. The molecular formula is C26H26N2O7S. The minimum absolute atomic E-state index is 0.0187. The fourth-order valence-electron chi connectivity index (χ4n) is 3.75. The Morgan fingerprint density at radius 2 is 1.78 bits per heavy atom. The number of hydrogen-bond donors (Lipinski definition) is 1. The first-order chi connectivity index (χ1) is 17.3. The normalized spacial score (nSPS) is 14.9. The minimum Gasteiger partial charge on any atom is -0.483 e. The second kappa shape index (κ2) is 10.8. The number of para-hydroxylation sites is 2. The molecule has 188 valence electrons. The number of hydrogen-bond acceptors (Lipinski definition) is 7. The van der Waals surface area contributed by atoms with Crippen molar-refractivity contribution in [2.75, 3.05) is 25.2 Å². The Morgan fingerprint density at radius 3 is 2.50 bits per heavy atom. The summed E-state index contributed by atoms with van der Waals surface area (Å²) < 4.78 is 44.2. The molecule has 1 N–H and O–H groups in total. The monoisotopic (exact) mass is 510 g/mol. The van der Waals surface area contributed by atoms with Crippen molar-refractivity contribution in [2.45, 2.75) is 24.5 Å². The van der Waals surface area contributed by atoms with Crippen molar-refractivity contribution in [3.8, 4) is 11.5 Å². The van der Waals surface area contributed by atoms with E-state index < -0.39 is 22.1 Å². The van der Waals surface area contributed by atoms with Gasteiger partial charge in [0.25, 0.3) is 5.91 Å². The molecule has 0 spiro atoms. The van der Waals surface area contributed by atoms with Crippen molar-refractivity contribution in [3.63, 3.8) is 0 Å². The largest absolute Gasteiger partial charge is 0.483 e. The van der Waals surface area contributed by atoms with Crippen LogP contribution in [0.5, 0.6) is 11.5 Å². The summed E-state index contributed by atoms with van der Waals surface area (Å²) in [6.45, 7) is 1.53. The quantitative estimate of drug-likeness (QED) is 0.464. The molecule has 0 aromatic heterocycles. The van der Waals surface area contributed by atoms with Gasteiger partial charge >= 0.3 is 5.97 Å². The summed E-state index contributed by atoms with van der Waals surface area (Å²) in [6, 6.07) is 20.5. The lowest BCUT2D eigenvalue weighted by Gasteiger charge is -2.33. The van der Waals surface area contributed by atoms with Crippen LogP contribution in [0.15, 0.2) is 77.7 Å². The van der Waals surface area contributed by atoms with Crippen LogP contribution in [0.1, 0.15) is 11.1 Å².